The van der Waals surface area contributed by atoms with Crippen LogP contribution in [0, 0.1) is 13.8 Å². The molecule has 1 aromatic carbocycles. The van der Waals surface area contributed by atoms with Gasteiger partial charge in [0.1, 0.15) is 0 Å². The van der Waals surface area contributed by atoms with E-state index in [0.717, 1.165) is 17.0 Å². The molecule has 1 amide bonds. The van der Waals surface area contributed by atoms with E-state index in [1.165, 1.54) is 39.8 Å². The van der Waals surface area contributed by atoms with Crippen LogP contribution in [0.15, 0.2) is 36.7 Å². The Kier molecular flexibility index (Phi) is 6.31. The van der Waals surface area contributed by atoms with Crippen LogP contribution in [-0.2, 0) is 4.79 Å². The molecule has 9 nitrogen and oxygen atoms in total. The largest absolute Gasteiger partial charge is 0.493 e. The predicted octanol–water partition coefficient (Wildman–Crippen LogP) is 2.96. The van der Waals surface area contributed by atoms with E-state index in [4.69, 9.17) is 14.2 Å². The Hall–Kier alpha value is -3.88. The molecule has 2 aromatic heterocycles. The second-order valence-corrected chi connectivity index (χ2v) is 6.39. The lowest BCUT2D eigenvalue weighted by atomic mass is 10.1. The van der Waals surface area contributed by atoms with Crippen molar-refractivity contribution in [2.75, 3.05) is 26.6 Å². The maximum Gasteiger partial charge on any atom is 0.250 e. The Morgan fingerprint density at radius 3 is 2.13 bits per heavy atom. The smallest absolute Gasteiger partial charge is 0.250 e. The highest BCUT2D eigenvalue weighted by molar-refractivity contribution is 6.01. The van der Waals surface area contributed by atoms with Crippen molar-refractivity contribution in [2.24, 2.45) is 0 Å². The van der Waals surface area contributed by atoms with Gasteiger partial charge in [-0.3, -0.25) is 4.79 Å². The van der Waals surface area contributed by atoms with E-state index in [1.807, 2.05) is 19.9 Å². The minimum atomic E-state index is -0.328. The first-order valence-corrected chi connectivity index (χ1v) is 9.10. The Morgan fingerprint density at radius 1 is 1.00 bits per heavy atom. The molecule has 9 heteroatoms. The van der Waals surface area contributed by atoms with Crippen LogP contribution in [-0.4, -0.2) is 47.0 Å². The number of benzene rings is 1. The zero-order chi connectivity index (χ0) is 21.7. The van der Waals surface area contributed by atoms with Crippen molar-refractivity contribution < 1.29 is 19.0 Å². The zero-order valence-corrected chi connectivity index (χ0v) is 17.5. The molecule has 1 N–H and O–H groups in total. The first-order chi connectivity index (χ1) is 14.4. The van der Waals surface area contributed by atoms with E-state index in [-0.39, 0.29) is 5.91 Å². The number of aromatic nitrogens is 4. The first kappa shape index (κ1) is 20.8. The highest BCUT2D eigenvalue weighted by atomic mass is 16.5. The van der Waals surface area contributed by atoms with Crippen LogP contribution in [0.1, 0.15) is 17.0 Å². The Balaban J connectivity index is 1.71. The fraction of sp³-hybridized carbons (Fsp3) is 0.238. The predicted molar refractivity (Wildman–Crippen MR) is 112 cm³/mol. The highest BCUT2D eigenvalue weighted by Crippen LogP contribution is 2.38. The van der Waals surface area contributed by atoms with Crippen LogP contribution >= 0.6 is 0 Å². The molecule has 0 fully saturated rings. The van der Waals surface area contributed by atoms with Gasteiger partial charge >= 0.3 is 0 Å². The van der Waals surface area contributed by atoms with Crippen molar-refractivity contribution in [2.45, 2.75) is 13.8 Å². The third kappa shape index (κ3) is 4.57. The van der Waals surface area contributed by atoms with E-state index in [2.05, 4.69) is 20.4 Å². The number of aryl methyl sites for hydroxylation is 2. The van der Waals surface area contributed by atoms with Gasteiger partial charge in [0.05, 0.1) is 45.1 Å². The average molecular weight is 409 g/mol. The minimum absolute atomic E-state index is 0.328. The Morgan fingerprint density at radius 2 is 1.63 bits per heavy atom. The number of ether oxygens (including phenoxy) is 3. The molecular formula is C21H23N5O4. The Labute approximate surface area is 174 Å². The van der Waals surface area contributed by atoms with E-state index < -0.39 is 0 Å². The van der Waals surface area contributed by atoms with Gasteiger partial charge < -0.3 is 19.5 Å². The maximum absolute atomic E-state index is 12.3. The van der Waals surface area contributed by atoms with Gasteiger partial charge in [0.15, 0.2) is 11.5 Å². The summed E-state index contributed by atoms with van der Waals surface area (Å²) in [5.41, 5.74) is 3.00. The summed E-state index contributed by atoms with van der Waals surface area (Å²) >= 11 is 0. The summed E-state index contributed by atoms with van der Waals surface area (Å²) in [6.45, 7) is 3.82. The molecule has 3 aromatic rings. The maximum atomic E-state index is 12.3. The van der Waals surface area contributed by atoms with Gasteiger partial charge in [0.2, 0.25) is 11.7 Å². The van der Waals surface area contributed by atoms with Gasteiger partial charge in [-0.2, -0.15) is 5.10 Å². The van der Waals surface area contributed by atoms with Crippen molar-refractivity contribution in [1.29, 1.82) is 0 Å². The van der Waals surface area contributed by atoms with Crippen LogP contribution in [0.5, 0.6) is 17.2 Å². The molecule has 156 valence electrons. The number of hydrogen-bond acceptors (Lipinski definition) is 7. The van der Waals surface area contributed by atoms with Gasteiger partial charge in [0, 0.05) is 11.8 Å². The van der Waals surface area contributed by atoms with Gasteiger partial charge in [-0.25, -0.2) is 14.6 Å². The van der Waals surface area contributed by atoms with E-state index in [9.17, 15) is 4.79 Å². The topological polar surface area (TPSA) is 100 Å². The second-order valence-electron chi connectivity index (χ2n) is 6.39. The molecule has 0 aliphatic carbocycles. The number of anilines is 1. The van der Waals surface area contributed by atoms with Gasteiger partial charge in [0.25, 0.3) is 5.95 Å². The monoisotopic (exact) mass is 409 g/mol. The zero-order valence-electron chi connectivity index (χ0n) is 17.5. The standard InChI is InChI=1S/C21H23N5O4/c1-13-8-14(2)26(25-13)21-22-11-16(12-23-21)24-19(27)7-6-15-9-17(28-3)20(30-5)18(10-15)29-4/h6-12H,1-5H3,(H,24,27)/b7-6+. The molecule has 30 heavy (non-hydrogen) atoms. The highest BCUT2D eigenvalue weighted by Gasteiger charge is 2.12. The first-order valence-electron chi connectivity index (χ1n) is 9.10. The van der Waals surface area contributed by atoms with Crippen LogP contribution in [0.25, 0.3) is 12.0 Å². The molecule has 0 saturated carbocycles. The lowest BCUT2D eigenvalue weighted by molar-refractivity contribution is -0.111. The van der Waals surface area contributed by atoms with Gasteiger partial charge in [-0.05, 0) is 43.7 Å². The number of nitrogens with one attached hydrogen (secondary N) is 1. The summed E-state index contributed by atoms with van der Waals surface area (Å²) in [4.78, 5) is 20.8. The number of hydrogen-bond donors (Lipinski definition) is 1. The number of rotatable bonds is 7. The lowest BCUT2D eigenvalue weighted by Crippen LogP contribution is -2.10. The number of carbonyl (C=O) groups is 1. The van der Waals surface area contributed by atoms with E-state index >= 15 is 0 Å². The van der Waals surface area contributed by atoms with Crippen molar-refractivity contribution in [3.05, 3.63) is 53.6 Å². The number of amides is 1. The molecular weight excluding hydrogens is 386 g/mol. The van der Waals surface area contributed by atoms with Crippen molar-refractivity contribution in [3.8, 4) is 23.2 Å². The summed E-state index contributed by atoms with van der Waals surface area (Å²) < 4.78 is 17.6. The molecule has 0 saturated heterocycles. The van der Waals surface area contributed by atoms with Crippen molar-refractivity contribution in [3.63, 3.8) is 0 Å². The lowest BCUT2D eigenvalue weighted by Gasteiger charge is -2.12. The van der Waals surface area contributed by atoms with E-state index in [1.54, 1.807) is 22.9 Å². The normalized spacial score (nSPS) is 10.8. The molecule has 0 spiro atoms. The van der Waals surface area contributed by atoms with Crippen molar-refractivity contribution in [1.82, 2.24) is 19.7 Å². The molecule has 2 heterocycles. The summed E-state index contributed by atoms with van der Waals surface area (Å²) in [6, 6.07) is 5.43. The summed E-state index contributed by atoms with van der Waals surface area (Å²) in [7, 11) is 4.60. The molecule has 0 radical (unpaired) electrons. The molecule has 0 bridgehead atoms. The number of nitrogens with zero attached hydrogens (tertiary/aromatic N) is 4. The Bertz CT molecular complexity index is 1050. The van der Waals surface area contributed by atoms with Crippen LogP contribution < -0.4 is 19.5 Å². The van der Waals surface area contributed by atoms with Gasteiger partial charge in [-0.15, -0.1) is 0 Å². The third-order valence-corrected chi connectivity index (χ3v) is 4.22. The molecule has 0 atom stereocenters. The summed E-state index contributed by atoms with van der Waals surface area (Å²) in [5.74, 6) is 1.61. The fourth-order valence-electron chi connectivity index (χ4n) is 2.88. The van der Waals surface area contributed by atoms with Crippen LogP contribution in [0.3, 0.4) is 0 Å². The SMILES string of the molecule is COc1cc(/C=C/C(=O)Nc2cnc(-n3nc(C)cc3C)nc2)cc(OC)c1OC. The van der Waals surface area contributed by atoms with Crippen LogP contribution in [0.2, 0.25) is 0 Å². The molecule has 0 aliphatic heterocycles. The molecule has 3 rings (SSSR count). The molecule has 0 unspecified atom stereocenters. The summed E-state index contributed by atoms with van der Waals surface area (Å²) in [6.07, 6.45) is 6.11. The van der Waals surface area contributed by atoms with Crippen LogP contribution in [0.4, 0.5) is 5.69 Å². The average Bonchev–Trinajstić information content (AvgIpc) is 3.09. The summed E-state index contributed by atoms with van der Waals surface area (Å²) in [5, 5.41) is 7.06. The quantitative estimate of drug-likeness (QED) is 0.599. The molecule has 0 aliphatic rings. The van der Waals surface area contributed by atoms with E-state index in [0.29, 0.717) is 28.9 Å². The van der Waals surface area contributed by atoms with Gasteiger partial charge in [-0.1, -0.05) is 0 Å². The second kappa shape index (κ2) is 9.08. The number of methoxy groups -OCH3 is 3. The number of carbonyl (C=O) groups excluding carboxylic acids is 1. The minimum Gasteiger partial charge on any atom is -0.493 e. The fourth-order valence-corrected chi connectivity index (χ4v) is 2.88. The third-order valence-electron chi connectivity index (χ3n) is 4.22. The van der Waals surface area contributed by atoms with Crippen molar-refractivity contribution >= 4 is 17.7 Å².